The normalized spacial score (nSPS) is 35.9. The number of nitrogens with one attached hydrogen (secondary N) is 1. The van der Waals surface area contributed by atoms with Crippen molar-refractivity contribution in [2.75, 3.05) is 13.2 Å². The fourth-order valence-corrected chi connectivity index (χ4v) is 1.73. The van der Waals surface area contributed by atoms with Crippen molar-refractivity contribution in [1.82, 2.24) is 5.32 Å². The summed E-state index contributed by atoms with van der Waals surface area (Å²) in [7, 11) is -4.54. The van der Waals surface area contributed by atoms with Crippen LogP contribution in [-0.4, -0.2) is 65.0 Å². The van der Waals surface area contributed by atoms with E-state index in [1.54, 1.807) is 0 Å². The van der Waals surface area contributed by atoms with Gasteiger partial charge in [0.2, 0.25) is 7.34 Å². The zero-order chi connectivity index (χ0) is 14.6. The molecule has 0 spiro atoms. The van der Waals surface area contributed by atoms with Crippen LogP contribution in [0.25, 0.3) is 0 Å². The fraction of sp³-hybridized carbons (Fsp3) is 0.857. The molecule has 1 heterocycles. The first-order valence-corrected chi connectivity index (χ1v) is 6.43. The Labute approximate surface area is 103 Å². The number of nitrogens with two attached hydrogens (primary N) is 1. The van der Waals surface area contributed by atoms with Gasteiger partial charge in [0.05, 0.1) is 13.2 Å². The second kappa shape index (κ2) is 6.04. The molecule has 1 saturated heterocycles. The van der Waals surface area contributed by atoms with Crippen molar-refractivity contribution in [2.45, 2.75) is 24.5 Å². The largest absolute Gasteiger partial charge is 0.469 e. The number of aliphatic hydroxyl groups excluding tert-OH is 2. The maximum absolute atomic E-state index is 11.0. The lowest BCUT2D eigenvalue weighted by molar-refractivity contribution is -0.126. The molecular weight excluding hydrogens is 271 g/mol. The Kier molecular flexibility index (Phi) is 4.65. The van der Waals surface area contributed by atoms with Gasteiger partial charge in [-0.1, -0.05) is 0 Å². The minimum absolute atomic E-state index is 0.331. The van der Waals surface area contributed by atoms with Gasteiger partial charge in [0, 0.05) is 0 Å². The van der Waals surface area contributed by atoms with Gasteiger partial charge in [-0.25, -0.2) is 4.57 Å². The molecule has 0 saturated carbocycles. The SMILES string of the molecule is [2H]OP(=O)(O)OC[C@H]1OC(NC(=O)CN)[C@H](O)[C@@H]1O. The molecule has 18 heavy (non-hydrogen) atoms. The Morgan fingerprint density at radius 2 is 2.22 bits per heavy atom. The number of aliphatic hydroxyl groups is 2. The first kappa shape index (κ1) is 13.8. The van der Waals surface area contributed by atoms with Crippen LogP contribution in [0.2, 0.25) is 0 Å². The van der Waals surface area contributed by atoms with Crippen molar-refractivity contribution in [3.63, 3.8) is 0 Å². The van der Waals surface area contributed by atoms with Gasteiger partial charge in [-0.3, -0.25) is 9.32 Å². The summed E-state index contributed by atoms with van der Waals surface area (Å²) in [6.07, 6.45) is -5.28. The van der Waals surface area contributed by atoms with E-state index in [-0.39, 0.29) is 6.54 Å². The fourth-order valence-electron chi connectivity index (χ4n) is 1.39. The molecule has 11 heteroatoms. The van der Waals surface area contributed by atoms with Gasteiger partial charge in [-0.05, 0) is 0 Å². The smallest absolute Gasteiger partial charge is 0.387 e. The molecule has 5 atom stereocenters. The zero-order valence-electron chi connectivity index (χ0n) is 10.1. The molecule has 1 fully saturated rings. The minimum atomic E-state index is -4.54. The minimum Gasteiger partial charge on any atom is -0.387 e. The number of hydrogen-bond donors (Lipinski definition) is 6. The van der Waals surface area contributed by atoms with Crippen LogP contribution in [-0.2, 0) is 18.6 Å². The van der Waals surface area contributed by atoms with Crippen LogP contribution in [0.4, 0.5) is 0 Å². The first-order chi connectivity index (χ1) is 8.80. The maximum atomic E-state index is 11.0. The van der Waals surface area contributed by atoms with Crippen molar-refractivity contribution in [3.8, 4) is 0 Å². The predicted octanol–water partition coefficient (Wildman–Crippen LogP) is -3.38. The topological polar surface area (TPSA) is 172 Å². The highest BCUT2D eigenvalue weighted by atomic mass is 31.2. The van der Waals surface area contributed by atoms with Gasteiger partial charge < -0.3 is 35.8 Å². The molecular formula is C7H15N2O8P. The van der Waals surface area contributed by atoms with Gasteiger partial charge in [0.25, 0.3) is 0 Å². The molecule has 0 aliphatic carbocycles. The number of carbonyl (C=O) groups excluding carboxylic acids is 1. The van der Waals surface area contributed by atoms with E-state index >= 15 is 0 Å². The van der Waals surface area contributed by atoms with Gasteiger partial charge >= 0.3 is 7.82 Å². The van der Waals surface area contributed by atoms with Crippen molar-refractivity contribution < 1.29 is 38.6 Å². The van der Waals surface area contributed by atoms with E-state index in [0.29, 0.717) is 0 Å². The summed E-state index contributed by atoms with van der Waals surface area (Å²) in [5, 5.41) is 21.4. The van der Waals surface area contributed by atoms with Crippen molar-refractivity contribution >= 4 is 13.7 Å². The molecule has 0 aromatic carbocycles. The average molecular weight is 287 g/mol. The third-order valence-corrected chi connectivity index (χ3v) is 2.73. The van der Waals surface area contributed by atoms with Crippen LogP contribution < -0.4 is 11.1 Å². The quantitative estimate of drug-likeness (QED) is 0.272. The number of ether oxygens (including phenoxy) is 1. The van der Waals surface area contributed by atoms with Crippen LogP contribution in [0.3, 0.4) is 0 Å². The Morgan fingerprint density at radius 1 is 1.56 bits per heavy atom. The molecule has 0 bridgehead atoms. The maximum Gasteiger partial charge on any atom is 0.469 e. The van der Waals surface area contributed by atoms with E-state index in [0.717, 1.165) is 0 Å². The van der Waals surface area contributed by atoms with E-state index < -0.39 is 44.9 Å². The molecule has 1 rings (SSSR count). The molecule has 0 aromatic rings. The second-order valence-electron chi connectivity index (χ2n) is 3.61. The van der Waals surface area contributed by atoms with Crippen LogP contribution in [0, 0.1) is 0 Å². The number of hydrogen-bond acceptors (Lipinski definition) is 8. The number of rotatable bonds is 6. The molecule has 0 radical (unpaired) electrons. The van der Waals surface area contributed by atoms with Crippen LogP contribution in [0.5, 0.6) is 0 Å². The molecule has 106 valence electrons. The van der Waals surface area contributed by atoms with E-state index in [4.69, 9.17) is 16.8 Å². The molecule has 2 unspecified atom stereocenters. The number of phosphoric acid groups is 1. The molecule has 0 aromatic heterocycles. The van der Waals surface area contributed by atoms with Crippen molar-refractivity contribution in [2.24, 2.45) is 5.73 Å². The monoisotopic (exact) mass is 287 g/mol. The van der Waals surface area contributed by atoms with E-state index in [2.05, 4.69) is 14.7 Å². The standard InChI is InChI=1S/C7H15N2O8P/c8-1-4(10)9-7-6(12)5(11)3(17-7)2-16-18(13,14)15/h3,5-7,11-12H,1-2,8H2,(H,9,10)(H2,13,14,15)/t3-,5-,6-,7?/m1/s1/i/hD. The summed E-state index contributed by atoms with van der Waals surface area (Å²) in [4.78, 5) is 23.3. The Balaban J connectivity index is 2.53. The third kappa shape index (κ3) is 4.26. The summed E-state index contributed by atoms with van der Waals surface area (Å²) >= 11 is 0. The van der Waals surface area contributed by atoms with E-state index in [1.165, 1.54) is 0 Å². The van der Waals surface area contributed by atoms with E-state index in [1.807, 2.05) is 0 Å². The van der Waals surface area contributed by atoms with Crippen molar-refractivity contribution in [3.05, 3.63) is 0 Å². The van der Waals surface area contributed by atoms with Gasteiger partial charge in [-0.2, -0.15) is 0 Å². The summed E-state index contributed by atoms with van der Waals surface area (Å²) in [5.41, 5.74) is 5.05. The first-order valence-electron chi connectivity index (χ1n) is 5.35. The van der Waals surface area contributed by atoms with Gasteiger partial charge in [-0.15, -0.1) is 0 Å². The van der Waals surface area contributed by atoms with Crippen molar-refractivity contribution in [1.29, 1.82) is 1.43 Å². The Hall–Kier alpha value is -0.580. The number of carbonyl (C=O) groups is 1. The van der Waals surface area contributed by atoms with Crippen LogP contribution >= 0.6 is 7.82 Å². The molecule has 10 nitrogen and oxygen atoms in total. The Bertz CT molecular complexity index is 371. The number of amides is 1. The lowest BCUT2D eigenvalue weighted by atomic mass is 10.1. The highest BCUT2D eigenvalue weighted by Gasteiger charge is 2.44. The predicted molar refractivity (Wildman–Crippen MR) is 55.9 cm³/mol. The van der Waals surface area contributed by atoms with Crippen LogP contribution in [0.15, 0.2) is 0 Å². The van der Waals surface area contributed by atoms with Gasteiger partial charge in [0.1, 0.15) is 18.3 Å². The molecule has 7 N–H and O–H groups in total. The summed E-state index contributed by atoms with van der Waals surface area (Å²) in [6, 6.07) is 0. The Morgan fingerprint density at radius 3 is 2.78 bits per heavy atom. The highest BCUT2D eigenvalue weighted by molar-refractivity contribution is 7.46. The second-order valence-corrected chi connectivity index (χ2v) is 4.81. The van der Waals surface area contributed by atoms with E-state index in [9.17, 15) is 19.6 Å². The summed E-state index contributed by atoms with van der Waals surface area (Å²) in [5.74, 6) is -0.611. The third-order valence-electron chi connectivity index (χ3n) is 2.25. The lowest BCUT2D eigenvalue weighted by Gasteiger charge is -2.15. The van der Waals surface area contributed by atoms with Gasteiger partial charge in [0.15, 0.2) is 6.23 Å². The zero-order valence-corrected chi connectivity index (χ0v) is 10.0. The van der Waals surface area contributed by atoms with Crippen LogP contribution in [0.1, 0.15) is 0 Å². The average Bonchev–Trinajstić information content (AvgIpc) is 2.64. The number of phosphoric ester groups is 1. The lowest BCUT2D eigenvalue weighted by Crippen LogP contribution is -2.45. The molecule has 1 aliphatic rings. The molecule has 1 aliphatic heterocycles. The molecule has 1 amide bonds. The summed E-state index contributed by atoms with van der Waals surface area (Å²) < 4.78 is 26.5. The highest BCUT2D eigenvalue weighted by Crippen LogP contribution is 2.37. The summed E-state index contributed by atoms with van der Waals surface area (Å²) in [6.45, 7) is -0.942.